The Hall–Kier alpha value is -3.66. The number of aryl methyl sites for hydroxylation is 1. The summed E-state index contributed by atoms with van der Waals surface area (Å²) in [6.45, 7) is 5.59. The van der Waals surface area contributed by atoms with Gasteiger partial charge in [0.25, 0.3) is 0 Å². The number of nitrogens with one attached hydrogen (secondary N) is 1. The summed E-state index contributed by atoms with van der Waals surface area (Å²) in [5.74, 6) is -0.419. The van der Waals surface area contributed by atoms with Gasteiger partial charge >= 0.3 is 5.97 Å². The molecule has 2 aromatic heterocycles. The van der Waals surface area contributed by atoms with Gasteiger partial charge in [0.15, 0.2) is 0 Å². The summed E-state index contributed by atoms with van der Waals surface area (Å²) < 4.78 is 5.02. The van der Waals surface area contributed by atoms with Crippen molar-refractivity contribution in [2.45, 2.75) is 32.2 Å². The van der Waals surface area contributed by atoms with Gasteiger partial charge in [-0.1, -0.05) is 29.8 Å². The normalized spacial score (nSPS) is 10.3. The third kappa shape index (κ3) is 5.82. The molecule has 0 saturated heterocycles. The first-order valence-electron chi connectivity index (χ1n) is 10.5. The molecule has 3 rings (SSSR count). The lowest BCUT2D eigenvalue weighted by atomic mass is 10.1. The number of rotatable bonds is 8. The van der Waals surface area contributed by atoms with Crippen LogP contribution in [-0.2, 0) is 9.53 Å². The first-order chi connectivity index (χ1) is 16.4. The highest BCUT2D eigenvalue weighted by molar-refractivity contribution is 7.99. The number of nitrogens with zero attached hydrogens (tertiary/aromatic N) is 3. The van der Waals surface area contributed by atoms with E-state index >= 15 is 0 Å². The van der Waals surface area contributed by atoms with Crippen LogP contribution >= 0.6 is 23.1 Å². The van der Waals surface area contributed by atoms with Crippen molar-refractivity contribution < 1.29 is 14.3 Å². The van der Waals surface area contributed by atoms with Gasteiger partial charge in [0.05, 0.1) is 23.4 Å². The van der Waals surface area contributed by atoms with E-state index in [1.165, 1.54) is 11.8 Å². The van der Waals surface area contributed by atoms with Crippen molar-refractivity contribution >= 4 is 40.0 Å². The summed E-state index contributed by atoms with van der Waals surface area (Å²) in [6, 6.07) is 15.7. The average Bonchev–Trinajstić information content (AvgIpc) is 3.14. The fourth-order valence-corrected chi connectivity index (χ4v) is 5.06. The molecule has 2 heterocycles. The molecule has 0 atom stereocenters. The SMILES string of the molecule is CCOC(=O)c1sc(NC(=O)CCSc2nc(-c3ccc(C)cc3)ccc2C#N)c(C#N)c1C. The molecule has 1 aromatic carbocycles. The number of carbonyl (C=O) groups excluding carboxylic acids is 2. The van der Waals surface area contributed by atoms with Crippen molar-refractivity contribution in [1.82, 2.24) is 4.98 Å². The van der Waals surface area contributed by atoms with Crippen LogP contribution in [0.5, 0.6) is 0 Å². The molecular formula is C25H22N4O3S2. The summed E-state index contributed by atoms with van der Waals surface area (Å²) >= 11 is 2.35. The number of pyridine rings is 1. The summed E-state index contributed by atoms with van der Waals surface area (Å²) in [5.41, 5.74) is 4.04. The topological polar surface area (TPSA) is 116 Å². The lowest BCUT2D eigenvalue weighted by Gasteiger charge is -2.07. The van der Waals surface area contributed by atoms with E-state index in [0.29, 0.717) is 31.8 Å². The van der Waals surface area contributed by atoms with E-state index in [1.54, 1.807) is 19.9 Å². The molecule has 9 heteroatoms. The van der Waals surface area contributed by atoms with Crippen molar-refractivity contribution in [3.05, 3.63) is 63.5 Å². The van der Waals surface area contributed by atoms with Gasteiger partial charge in [-0.15, -0.1) is 23.1 Å². The van der Waals surface area contributed by atoms with Crippen LogP contribution in [0.3, 0.4) is 0 Å². The van der Waals surface area contributed by atoms with Crippen molar-refractivity contribution in [2.75, 3.05) is 17.7 Å². The van der Waals surface area contributed by atoms with Gasteiger partial charge in [0.2, 0.25) is 5.91 Å². The van der Waals surface area contributed by atoms with Gasteiger partial charge in [-0.2, -0.15) is 10.5 Å². The van der Waals surface area contributed by atoms with Crippen molar-refractivity contribution in [1.29, 1.82) is 10.5 Å². The molecular weight excluding hydrogens is 468 g/mol. The number of carbonyl (C=O) groups is 2. The number of thioether (sulfide) groups is 1. The Morgan fingerprint density at radius 2 is 1.85 bits per heavy atom. The fourth-order valence-electron chi connectivity index (χ4n) is 3.08. The third-order valence-corrected chi connectivity index (χ3v) is 7.05. The predicted octanol–water partition coefficient (Wildman–Crippen LogP) is 5.47. The Morgan fingerprint density at radius 1 is 1.12 bits per heavy atom. The van der Waals surface area contributed by atoms with Gasteiger partial charge in [0, 0.05) is 17.7 Å². The van der Waals surface area contributed by atoms with Gasteiger partial charge < -0.3 is 10.1 Å². The van der Waals surface area contributed by atoms with Crippen molar-refractivity contribution in [3.8, 4) is 23.4 Å². The Kier molecular flexibility index (Phi) is 8.42. The number of amides is 1. The molecule has 1 amide bonds. The van der Waals surface area contributed by atoms with E-state index in [4.69, 9.17) is 4.74 Å². The van der Waals surface area contributed by atoms with E-state index in [-0.39, 0.29) is 24.5 Å². The number of nitriles is 2. The summed E-state index contributed by atoms with van der Waals surface area (Å²) in [5, 5.41) is 22.5. The second-order valence-corrected chi connectivity index (χ2v) is 9.37. The van der Waals surface area contributed by atoms with E-state index in [2.05, 4.69) is 16.4 Å². The molecule has 0 fully saturated rings. The summed E-state index contributed by atoms with van der Waals surface area (Å²) in [6.07, 6.45) is 0.141. The molecule has 0 aliphatic heterocycles. The van der Waals surface area contributed by atoms with Crippen LogP contribution in [0.15, 0.2) is 41.4 Å². The van der Waals surface area contributed by atoms with Gasteiger partial charge in [-0.3, -0.25) is 4.79 Å². The van der Waals surface area contributed by atoms with Crippen molar-refractivity contribution in [3.63, 3.8) is 0 Å². The maximum Gasteiger partial charge on any atom is 0.348 e. The van der Waals surface area contributed by atoms with Crippen LogP contribution < -0.4 is 5.32 Å². The van der Waals surface area contributed by atoms with E-state index < -0.39 is 5.97 Å². The van der Waals surface area contributed by atoms with E-state index in [9.17, 15) is 20.1 Å². The Bertz CT molecular complexity index is 1300. The smallest absolute Gasteiger partial charge is 0.348 e. The molecule has 0 unspecified atom stereocenters. The highest BCUT2D eigenvalue weighted by atomic mass is 32.2. The van der Waals surface area contributed by atoms with Gasteiger partial charge in [0.1, 0.15) is 27.0 Å². The van der Waals surface area contributed by atoms with Crippen LogP contribution in [-0.4, -0.2) is 29.2 Å². The number of esters is 1. The molecule has 0 bridgehead atoms. The molecule has 0 spiro atoms. The van der Waals surface area contributed by atoms with Crippen molar-refractivity contribution in [2.24, 2.45) is 0 Å². The fraction of sp³-hybridized carbons (Fsp3) is 0.240. The molecule has 0 aliphatic carbocycles. The van der Waals surface area contributed by atoms with Crippen LogP contribution in [0.2, 0.25) is 0 Å². The molecule has 0 saturated carbocycles. The number of aromatic nitrogens is 1. The minimum absolute atomic E-state index is 0.141. The standard InChI is InChI=1S/C25H22N4O3S2/c1-4-32-25(31)22-16(3)19(14-27)24(34-22)29-21(30)11-12-33-23-18(13-26)9-10-20(28-23)17-7-5-15(2)6-8-17/h5-10H,4,11-12H2,1-3H3,(H,29,30). The van der Waals surface area contributed by atoms with Gasteiger partial charge in [-0.05, 0) is 38.5 Å². The minimum Gasteiger partial charge on any atom is -0.462 e. The zero-order chi connectivity index (χ0) is 24.7. The third-order valence-electron chi connectivity index (χ3n) is 4.87. The molecule has 34 heavy (non-hydrogen) atoms. The quantitative estimate of drug-likeness (QED) is 0.329. The maximum absolute atomic E-state index is 12.5. The Balaban J connectivity index is 1.67. The predicted molar refractivity (Wildman–Crippen MR) is 133 cm³/mol. The van der Waals surface area contributed by atoms with E-state index in [1.807, 2.05) is 43.3 Å². The van der Waals surface area contributed by atoms with E-state index in [0.717, 1.165) is 28.2 Å². The van der Waals surface area contributed by atoms with Gasteiger partial charge in [-0.25, -0.2) is 9.78 Å². The second kappa shape index (κ2) is 11.5. The molecule has 7 nitrogen and oxygen atoms in total. The number of thiophene rings is 1. The average molecular weight is 491 g/mol. The number of benzene rings is 1. The minimum atomic E-state index is -0.513. The lowest BCUT2D eigenvalue weighted by molar-refractivity contribution is -0.115. The number of ether oxygens (including phenoxy) is 1. The molecule has 3 aromatic rings. The second-order valence-electron chi connectivity index (χ2n) is 7.27. The molecule has 172 valence electrons. The highest BCUT2D eigenvalue weighted by Crippen LogP contribution is 2.33. The van der Waals surface area contributed by atoms with Crippen LogP contribution in [0, 0.1) is 36.5 Å². The molecule has 0 aliphatic rings. The highest BCUT2D eigenvalue weighted by Gasteiger charge is 2.22. The lowest BCUT2D eigenvalue weighted by Crippen LogP contribution is -2.12. The van der Waals surface area contributed by atoms with Crippen LogP contribution in [0.1, 0.15) is 45.3 Å². The zero-order valence-electron chi connectivity index (χ0n) is 19.0. The summed E-state index contributed by atoms with van der Waals surface area (Å²) in [7, 11) is 0. The number of hydrogen-bond donors (Lipinski definition) is 1. The zero-order valence-corrected chi connectivity index (χ0v) is 20.6. The monoisotopic (exact) mass is 490 g/mol. The molecule has 1 N–H and O–H groups in total. The maximum atomic E-state index is 12.5. The Morgan fingerprint density at radius 3 is 2.50 bits per heavy atom. The van der Waals surface area contributed by atoms with Crippen LogP contribution in [0.4, 0.5) is 5.00 Å². The first kappa shape index (κ1) is 25.0. The van der Waals surface area contributed by atoms with Crippen LogP contribution in [0.25, 0.3) is 11.3 Å². The molecule has 0 radical (unpaired) electrons. The number of anilines is 1. The largest absolute Gasteiger partial charge is 0.462 e. The Labute approximate surface area is 206 Å². The number of hydrogen-bond acceptors (Lipinski definition) is 8. The summed E-state index contributed by atoms with van der Waals surface area (Å²) in [4.78, 5) is 29.6. The first-order valence-corrected chi connectivity index (χ1v) is 12.3.